The first-order valence-electron chi connectivity index (χ1n) is 11.5. The molecule has 6 heteroatoms. The number of benzene rings is 1. The number of rotatable bonds is 7. The van der Waals surface area contributed by atoms with Crippen LogP contribution in [0, 0.1) is 0 Å². The number of halogens is 2. The van der Waals surface area contributed by atoms with E-state index >= 15 is 0 Å². The van der Waals surface area contributed by atoms with Gasteiger partial charge >= 0.3 is 0 Å². The molecule has 0 unspecified atom stereocenters. The molecule has 1 aliphatic carbocycles. The van der Waals surface area contributed by atoms with Gasteiger partial charge in [-0.15, -0.1) is 0 Å². The summed E-state index contributed by atoms with van der Waals surface area (Å²) in [4.78, 5) is 6.00. The quantitative estimate of drug-likeness (QED) is 0.396. The van der Waals surface area contributed by atoms with E-state index < -0.39 is 0 Å². The SMILES string of the molecule is CC(C)c1nc(CCOC2=CCCCCCCCC2)n(C)c1Sc1cc(Cl)cc(Cl)c1. The van der Waals surface area contributed by atoms with Crippen LogP contribution in [0.5, 0.6) is 0 Å². The summed E-state index contributed by atoms with van der Waals surface area (Å²) in [6.45, 7) is 5.03. The maximum absolute atomic E-state index is 6.21. The average molecular weight is 482 g/mol. The van der Waals surface area contributed by atoms with Crippen molar-refractivity contribution >= 4 is 35.0 Å². The number of aromatic nitrogens is 2. The summed E-state index contributed by atoms with van der Waals surface area (Å²) >= 11 is 14.1. The topological polar surface area (TPSA) is 27.1 Å². The summed E-state index contributed by atoms with van der Waals surface area (Å²) in [5.41, 5.74) is 1.11. The summed E-state index contributed by atoms with van der Waals surface area (Å²) in [7, 11) is 2.09. The van der Waals surface area contributed by atoms with E-state index in [2.05, 4.69) is 31.5 Å². The van der Waals surface area contributed by atoms with Crippen molar-refractivity contribution in [3.8, 4) is 0 Å². The van der Waals surface area contributed by atoms with Crippen molar-refractivity contribution < 1.29 is 4.74 Å². The molecule has 0 aliphatic heterocycles. The van der Waals surface area contributed by atoms with Crippen LogP contribution in [0.4, 0.5) is 0 Å². The van der Waals surface area contributed by atoms with Gasteiger partial charge in [0, 0.05) is 34.8 Å². The Morgan fingerprint density at radius 2 is 1.71 bits per heavy atom. The van der Waals surface area contributed by atoms with Crippen molar-refractivity contribution in [3.05, 3.63) is 51.6 Å². The van der Waals surface area contributed by atoms with Gasteiger partial charge in [0.05, 0.1) is 18.1 Å². The van der Waals surface area contributed by atoms with Crippen LogP contribution in [-0.4, -0.2) is 16.2 Å². The first-order chi connectivity index (χ1) is 14.9. The number of imidazole rings is 1. The van der Waals surface area contributed by atoms with Crippen LogP contribution in [0.15, 0.2) is 40.0 Å². The number of ether oxygens (including phenoxy) is 1. The zero-order valence-electron chi connectivity index (χ0n) is 18.9. The highest BCUT2D eigenvalue weighted by Gasteiger charge is 2.19. The lowest BCUT2D eigenvalue weighted by Crippen LogP contribution is -2.05. The van der Waals surface area contributed by atoms with E-state index in [9.17, 15) is 0 Å². The van der Waals surface area contributed by atoms with E-state index in [4.69, 9.17) is 32.9 Å². The number of nitrogens with zero attached hydrogens (tertiary/aromatic N) is 2. The summed E-state index contributed by atoms with van der Waals surface area (Å²) < 4.78 is 8.39. The zero-order valence-corrected chi connectivity index (χ0v) is 21.3. The lowest BCUT2D eigenvalue weighted by atomic mass is 10.0. The van der Waals surface area contributed by atoms with Gasteiger partial charge in [-0.05, 0) is 49.5 Å². The second-order valence-electron chi connectivity index (χ2n) is 8.57. The van der Waals surface area contributed by atoms with Crippen molar-refractivity contribution in [2.75, 3.05) is 6.61 Å². The van der Waals surface area contributed by atoms with Crippen molar-refractivity contribution in [1.82, 2.24) is 9.55 Å². The molecule has 0 atom stereocenters. The Balaban J connectivity index is 1.68. The highest BCUT2D eigenvalue weighted by Crippen LogP contribution is 2.36. The molecule has 0 bridgehead atoms. The molecule has 0 radical (unpaired) electrons. The fourth-order valence-electron chi connectivity index (χ4n) is 3.89. The van der Waals surface area contributed by atoms with Crippen molar-refractivity contribution in [3.63, 3.8) is 0 Å². The third kappa shape index (κ3) is 7.47. The molecule has 0 fully saturated rings. The van der Waals surface area contributed by atoms with Crippen molar-refractivity contribution in [2.45, 2.75) is 87.5 Å². The van der Waals surface area contributed by atoms with E-state index in [1.54, 1.807) is 17.8 Å². The molecule has 0 saturated heterocycles. The minimum Gasteiger partial charge on any atom is -0.498 e. The van der Waals surface area contributed by atoms with Crippen LogP contribution >= 0.6 is 35.0 Å². The van der Waals surface area contributed by atoms with E-state index in [-0.39, 0.29) is 0 Å². The predicted octanol–water partition coefficient (Wildman–Crippen LogP) is 8.58. The predicted molar refractivity (Wildman–Crippen MR) is 133 cm³/mol. The van der Waals surface area contributed by atoms with Crippen LogP contribution in [0.3, 0.4) is 0 Å². The van der Waals surface area contributed by atoms with Crippen molar-refractivity contribution in [1.29, 1.82) is 0 Å². The van der Waals surface area contributed by atoms with Crippen LogP contribution in [-0.2, 0) is 18.2 Å². The highest BCUT2D eigenvalue weighted by molar-refractivity contribution is 7.99. The zero-order chi connectivity index (χ0) is 22.2. The molecule has 1 aromatic heterocycles. The molecule has 1 aliphatic rings. The van der Waals surface area contributed by atoms with Gasteiger partial charge in [0.25, 0.3) is 0 Å². The molecule has 0 spiro atoms. The number of hydrogen-bond acceptors (Lipinski definition) is 3. The highest BCUT2D eigenvalue weighted by atomic mass is 35.5. The van der Waals surface area contributed by atoms with Gasteiger partial charge in [0.15, 0.2) is 0 Å². The van der Waals surface area contributed by atoms with Crippen LogP contribution in [0.25, 0.3) is 0 Å². The summed E-state index contributed by atoms with van der Waals surface area (Å²) in [6, 6.07) is 5.66. The first kappa shape index (κ1) is 24.5. The molecule has 1 heterocycles. The van der Waals surface area contributed by atoms with E-state index in [1.807, 2.05) is 12.1 Å². The van der Waals surface area contributed by atoms with Gasteiger partial charge in [-0.3, -0.25) is 0 Å². The minimum absolute atomic E-state index is 0.332. The molecule has 0 amide bonds. The fourth-order valence-corrected chi connectivity index (χ4v) is 5.77. The minimum atomic E-state index is 0.332. The third-order valence-corrected chi connectivity index (χ3v) is 7.20. The molecule has 3 rings (SSSR count). The van der Waals surface area contributed by atoms with Gasteiger partial charge in [-0.25, -0.2) is 4.98 Å². The van der Waals surface area contributed by atoms with E-state index in [0.29, 0.717) is 22.6 Å². The van der Waals surface area contributed by atoms with Gasteiger partial charge in [0.2, 0.25) is 0 Å². The Bertz CT molecular complexity index is 872. The van der Waals surface area contributed by atoms with Gasteiger partial charge in [-0.2, -0.15) is 0 Å². The first-order valence-corrected chi connectivity index (χ1v) is 13.0. The summed E-state index contributed by atoms with van der Waals surface area (Å²) in [5, 5.41) is 2.44. The lowest BCUT2D eigenvalue weighted by molar-refractivity contribution is 0.199. The normalized spacial score (nSPS) is 15.7. The molecule has 170 valence electrons. The number of hydrogen-bond donors (Lipinski definition) is 0. The Labute approximate surface area is 201 Å². The Kier molecular flexibility index (Phi) is 9.68. The molecule has 2 aromatic rings. The standard InChI is InChI=1S/C25H34Cl2N2OS/c1-18(2)24-25(31-22-16-19(26)15-20(27)17-22)29(3)23(28-24)13-14-30-21-11-9-7-5-4-6-8-10-12-21/h11,15-18H,4-10,12-14H2,1-3H3. The largest absolute Gasteiger partial charge is 0.498 e. The van der Waals surface area contributed by atoms with Gasteiger partial charge in [-0.1, -0.05) is 74.5 Å². The average Bonchev–Trinajstić information content (AvgIpc) is 3.02. The molecule has 3 nitrogen and oxygen atoms in total. The monoisotopic (exact) mass is 480 g/mol. The third-order valence-electron chi connectivity index (χ3n) is 5.62. The second-order valence-corrected chi connectivity index (χ2v) is 10.5. The van der Waals surface area contributed by atoms with E-state index in [0.717, 1.165) is 40.7 Å². The van der Waals surface area contributed by atoms with Crippen LogP contribution in [0.1, 0.15) is 82.7 Å². The molecule has 0 saturated carbocycles. The van der Waals surface area contributed by atoms with Crippen molar-refractivity contribution in [2.24, 2.45) is 7.05 Å². The molecule has 0 N–H and O–H groups in total. The van der Waals surface area contributed by atoms with Gasteiger partial charge < -0.3 is 9.30 Å². The van der Waals surface area contributed by atoms with E-state index in [1.165, 1.54) is 44.3 Å². The van der Waals surface area contributed by atoms with Crippen LogP contribution in [0.2, 0.25) is 10.0 Å². The second kappa shape index (κ2) is 12.2. The summed E-state index contributed by atoms with van der Waals surface area (Å²) in [5.74, 6) is 2.56. The maximum Gasteiger partial charge on any atom is 0.113 e. The molecule has 1 aromatic carbocycles. The maximum atomic E-state index is 6.21. The lowest BCUT2D eigenvalue weighted by Gasteiger charge is -2.13. The Hall–Kier alpha value is -1.10. The van der Waals surface area contributed by atoms with Gasteiger partial charge in [0.1, 0.15) is 10.9 Å². The molecular weight excluding hydrogens is 447 g/mol. The fraction of sp³-hybridized carbons (Fsp3) is 0.560. The number of allylic oxidation sites excluding steroid dienone is 2. The molecular formula is C25H34Cl2N2OS. The Morgan fingerprint density at radius 3 is 2.42 bits per heavy atom. The summed E-state index contributed by atoms with van der Waals surface area (Å²) in [6.07, 6.45) is 13.2. The molecule has 31 heavy (non-hydrogen) atoms. The Morgan fingerprint density at radius 1 is 1.03 bits per heavy atom. The van der Waals surface area contributed by atoms with Crippen LogP contribution < -0.4 is 0 Å². The smallest absolute Gasteiger partial charge is 0.113 e.